The summed E-state index contributed by atoms with van der Waals surface area (Å²) in [7, 11) is 1.57. The molecule has 0 radical (unpaired) electrons. The third kappa shape index (κ3) is 3.90. The molecule has 0 unspecified atom stereocenters. The number of pyridine rings is 1. The van der Waals surface area contributed by atoms with Gasteiger partial charge in [-0.05, 0) is 18.9 Å². The fraction of sp³-hybridized carbons (Fsp3) is 0.571. The Kier molecular flexibility index (Phi) is 5.11. The second-order valence-corrected chi connectivity index (χ2v) is 5.16. The molecule has 0 atom stereocenters. The van der Waals surface area contributed by atoms with Gasteiger partial charge in [0.1, 0.15) is 5.54 Å². The second kappa shape index (κ2) is 6.84. The number of carbonyl (C=O) groups excluding carboxylic acids is 1. The largest absolute Gasteiger partial charge is 0.383 e. The Morgan fingerprint density at radius 2 is 2.19 bits per heavy atom. The van der Waals surface area contributed by atoms with Crippen molar-refractivity contribution in [2.24, 2.45) is 5.73 Å². The average molecular weight is 295 g/mol. The predicted octanol–water partition coefficient (Wildman–Crippen LogP) is -0.0589. The number of anilines is 1. The van der Waals surface area contributed by atoms with E-state index in [2.05, 4.69) is 5.32 Å². The Balaban J connectivity index is 2.08. The van der Waals surface area contributed by atoms with Crippen LogP contribution in [0.2, 0.25) is 0 Å². The summed E-state index contributed by atoms with van der Waals surface area (Å²) < 4.78 is 11.7. The minimum absolute atomic E-state index is 0.140. The normalized spacial score (nSPS) is 17.4. The third-order valence-electron chi connectivity index (χ3n) is 3.61. The van der Waals surface area contributed by atoms with Crippen LogP contribution in [0.15, 0.2) is 23.1 Å². The van der Waals surface area contributed by atoms with Crippen molar-refractivity contribution in [3.63, 3.8) is 0 Å². The quantitative estimate of drug-likeness (QED) is 0.793. The van der Waals surface area contributed by atoms with E-state index in [1.807, 2.05) is 0 Å². The van der Waals surface area contributed by atoms with Crippen LogP contribution in [0.3, 0.4) is 0 Å². The first-order valence-electron chi connectivity index (χ1n) is 6.93. The standard InChI is InChI=1S/C14H21N3O4/c1-20-9-6-17-10-11(2-3-12(17)18)16-13(19)14(15)4-7-21-8-5-14/h2-3,10H,4-9,15H2,1H3,(H,16,19). The molecule has 1 aliphatic heterocycles. The highest BCUT2D eigenvalue weighted by Crippen LogP contribution is 2.19. The molecule has 1 amide bonds. The van der Waals surface area contributed by atoms with Gasteiger partial charge in [0, 0.05) is 39.1 Å². The molecule has 1 aromatic rings. The van der Waals surface area contributed by atoms with Crippen LogP contribution in [0.1, 0.15) is 12.8 Å². The lowest BCUT2D eigenvalue weighted by molar-refractivity contribution is -0.124. The summed E-state index contributed by atoms with van der Waals surface area (Å²) in [6.45, 7) is 1.82. The number of nitrogens with zero attached hydrogens (tertiary/aromatic N) is 1. The lowest BCUT2D eigenvalue weighted by atomic mass is 9.90. The summed E-state index contributed by atoms with van der Waals surface area (Å²) in [5.41, 5.74) is 5.62. The number of amides is 1. The zero-order valence-corrected chi connectivity index (χ0v) is 12.1. The van der Waals surface area contributed by atoms with Crippen molar-refractivity contribution in [1.82, 2.24) is 4.57 Å². The van der Waals surface area contributed by atoms with Crippen LogP contribution in [0.5, 0.6) is 0 Å². The van der Waals surface area contributed by atoms with Crippen LogP contribution < -0.4 is 16.6 Å². The molecule has 1 saturated heterocycles. The molecule has 2 heterocycles. The van der Waals surface area contributed by atoms with Gasteiger partial charge in [-0.1, -0.05) is 0 Å². The van der Waals surface area contributed by atoms with Gasteiger partial charge < -0.3 is 25.1 Å². The lowest BCUT2D eigenvalue weighted by Gasteiger charge is -2.31. The highest BCUT2D eigenvalue weighted by molar-refractivity contribution is 5.97. The number of ether oxygens (including phenoxy) is 2. The van der Waals surface area contributed by atoms with Gasteiger partial charge in [-0.3, -0.25) is 9.59 Å². The molecule has 0 bridgehead atoms. The highest BCUT2D eigenvalue weighted by Gasteiger charge is 2.35. The van der Waals surface area contributed by atoms with E-state index in [1.54, 1.807) is 19.4 Å². The molecule has 7 heteroatoms. The molecule has 1 aromatic heterocycles. The SMILES string of the molecule is COCCn1cc(NC(=O)C2(N)CCOCC2)ccc1=O. The molecule has 0 aromatic carbocycles. The second-order valence-electron chi connectivity index (χ2n) is 5.16. The van der Waals surface area contributed by atoms with E-state index in [-0.39, 0.29) is 11.5 Å². The number of hydrogen-bond donors (Lipinski definition) is 2. The number of hydrogen-bond acceptors (Lipinski definition) is 5. The molecule has 1 aliphatic rings. The van der Waals surface area contributed by atoms with E-state index in [9.17, 15) is 9.59 Å². The first-order valence-corrected chi connectivity index (χ1v) is 6.93. The summed E-state index contributed by atoms with van der Waals surface area (Å²) in [4.78, 5) is 24.0. The first-order chi connectivity index (χ1) is 10.0. The van der Waals surface area contributed by atoms with Crippen LogP contribution >= 0.6 is 0 Å². The van der Waals surface area contributed by atoms with Gasteiger partial charge >= 0.3 is 0 Å². The fourth-order valence-electron chi connectivity index (χ4n) is 2.19. The minimum atomic E-state index is -0.911. The Labute approximate surface area is 123 Å². The van der Waals surface area contributed by atoms with E-state index in [0.717, 1.165) is 0 Å². The predicted molar refractivity (Wildman–Crippen MR) is 78.2 cm³/mol. The number of aromatic nitrogens is 1. The van der Waals surface area contributed by atoms with Crippen LogP contribution in [0.25, 0.3) is 0 Å². The maximum atomic E-state index is 12.3. The molecule has 21 heavy (non-hydrogen) atoms. The molecule has 116 valence electrons. The van der Waals surface area contributed by atoms with E-state index >= 15 is 0 Å². The summed E-state index contributed by atoms with van der Waals surface area (Å²) in [5, 5.41) is 2.78. The van der Waals surface area contributed by atoms with Crippen molar-refractivity contribution in [3.05, 3.63) is 28.7 Å². The molecular weight excluding hydrogens is 274 g/mol. The lowest BCUT2D eigenvalue weighted by Crippen LogP contribution is -2.54. The molecule has 0 spiro atoms. The van der Waals surface area contributed by atoms with E-state index in [4.69, 9.17) is 15.2 Å². The molecule has 0 aliphatic carbocycles. The van der Waals surface area contributed by atoms with Gasteiger partial charge in [-0.15, -0.1) is 0 Å². The molecular formula is C14H21N3O4. The molecule has 7 nitrogen and oxygen atoms in total. The van der Waals surface area contributed by atoms with Gasteiger partial charge in [-0.2, -0.15) is 0 Å². The smallest absolute Gasteiger partial charge is 0.250 e. The number of methoxy groups -OCH3 is 1. The number of carbonyl (C=O) groups is 1. The molecule has 0 saturated carbocycles. The Hall–Kier alpha value is -1.70. The van der Waals surface area contributed by atoms with Crippen LogP contribution in [0, 0.1) is 0 Å². The third-order valence-corrected chi connectivity index (χ3v) is 3.61. The molecule has 2 rings (SSSR count). The summed E-state index contributed by atoms with van der Waals surface area (Å²) in [5.74, 6) is -0.247. The Morgan fingerprint density at radius 1 is 1.48 bits per heavy atom. The summed E-state index contributed by atoms with van der Waals surface area (Å²) in [6, 6.07) is 2.99. The number of nitrogens with two attached hydrogens (primary N) is 1. The van der Waals surface area contributed by atoms with Crippen molar-refractivity contribution >= 4 is 11.6 Å². The van der Waals surface area contributed by atoms with Crippen molar-refractivity contribution < 1.29 is 14.3 Å². The van der Waals surface area contributed by atoms with Gasteiger partial charge in [0.05, 0.1) is 12.3 Å². The number of nitrogens with one attached hydrogen (secondary N) is 1. The van der Waals surface area contributed by atoms with Crippen LogP contribution in [-0.4, -0.2) is 42.9 Å². The van der Waals surface area contributed by atoms with Crippen molar-refractivity contribution in [2.45, 2.75) is 24.9 Å². The minimum Gasteiger partial charge on any atom is -0.383 e. The fourth-order valence-corrected chi connectivity index (χ4v) is 2.19. The molecule has 1 fully saturated rings. The summed E-state index contributed by atoms with van der Waals surface area (Å²) in [6.07, 6.45) is 2.58. The van der Waals surface area contributed by atoms with Gasteiger partial charge in [0.25, 0.3) is 5.56 Å². The zero-order valence-electron chi connectivity index (χ0n) is 12.1. The topological polar surface area (TPSA) is 95.6 Å². The van der Waals surface area contributed by atoms with Crippen LogP contribution in [-0.2, 0) is 20.8 Å². The van der Waals surface area contributed by atoms with Crippen molar-refractivity contribution in [3.8, 4) is 0 Å². The van der Waals surface area contributed by atoms with Gasteiger partial charge in [0.2, 0.25) is 5.91 Å². The highest BCUT2D eigenvalue weighted by atomic mass is 16.5. The maximum absolute atomic E-state index is 12.3. The zero-order chi connectivity index (χ0) is 15.3. The van der Waals surface area contributed by atoms with Crippen molar-refractivity contribution in [1.29, 1.82) is 0 Å². The Morgan fingerprint density at radius 3 is 2.86 bits per heavy atom. The summed E-state index contributed by atoms with van der Waals surface area (Å²) >= 11 is 0. The van der Waals surface area contributed by atoms with Crippen molar-refractivity contribution in [2.75, 3.05) is 32.2 Å². The monoisotopic (exact) mass is 295 g/mol. The van der Waals surface area contributed by atoms with E-state index in [1.165, 1.54) is 10.6 Å². The first kappa shape index (κ1) is 15.7. The van der Waals surface area contributed by atoms with Crippen LogP contribution in [0.4, 0.5) is 5.69 Å². The Bertz CT molecular complexity index is 549. The van der Waals surface area contributed by atoms with E-state index < -0.39 is 5.54 Å². The van der Waals surface area contributed by atoms with Gasteiger partial charge in [-0.25, -0.2) is 0 Å². The number of rotatable bonds is 5. The average Bonchev–Trinajstić information content (AvgIpc) is 2.48. The van der Waals surface area contributed by atoms with E-state index in [0.29, 0.717) is 44.9 Å². The van der Waals surface area contributed by atoms with Gasteiger partial charge in [0.15, 0.2) is 0 Å². The molecule has 3 N–H and O–H groups in total. The maximum Gasteiger partial charge on any atom is 0.250 e.